The second-order valence-corrected chi connectivity index (χ2v) is 5.91. The lowest BCUT2D eigenvalue weighted by Crippen LogP contribution is -2.38. The van der Waals surface area contributed by atoms with Crippen LogP contribution < -0.4 is 5.73 Å². The van der Waals surface area contributed by atoms with Crippen LogP contribution in [0.4, 0.5) is 0 Å². The van der Waals surface area contributed by atoms with Gasteiger partial charge in [-0.1, -0.05) is 20.3 Å². The van der Waals surface area contributed by atoms with Crippen molar-refractivity contribution in [2.75, 3.05) is 0 Å². The number of rotatable bonds is 2. The van der Waals surface area contributed by atoms with E-state index in [0.29, 0.717) is 5.92 Å². The largest absolute Gasteiger partial charge is 0.319 e. The van der Waals surface area contributed by atoms with Crippen molar-refractivity contribution < 1.29 is 0 Å². The average Bonchev–Trinajstić information content (AvgIpc) is 2.73. The summed E-state index contributed by atoms with van der Waals surface area (Å²) in [5.74, 6) is 0.577. The molecule has 1 aromatic rings. The van der Waals surface area contributed by atoms with E-state index in [1.165, 1.54) is 28.4 Å². The fourth-order valence-corrected chi connectivity index (χ4v) is 3.72. The first kappa shape index (κ1) is 11.1. The quantitative estimate of drug-likeness (QED) is 0.838. The fourth-order valence-electron chi connectivity index (χ4n) is 2.48. The van der Waals surface area contributed by atoms with Crippen molar-refractivity contribution in [1.29, 1.82) is 0 Å². The molecule has 1 aromatic heterocycles. The Morgan fingerprint density at radius 3 is 2.80 bits per heavy atom. The molecule has 2 nitrogen and oxygen atoms in total. The van der Waals surface area contributed by atoms with Crippen LogP contribution >= 0.6 is 11.3 Å². The van der Waals surface area contributed by atoms with Gasteiger partial charge in [0.1, 0.15) is 5.01 Å². The summed E-state index contributed by atoms with van der Waals surface area (Å²) in [6, 6.07) is 0. The van der Waals surface area contributed by atoms with Crippen LogP contribution in [0.15, 0.2) is 0 Å². The summed E-state index contributed by atoms with van der Waals surface area (Å²) < 4.78 is 0. The highest BCUT2D eigenvalue weighted by Gasteiger charge is 2.40. The predicted molar refractivity (Wildman–Crippen MR) is 65.1 cm³/mol. The van der Waals surface area contributed by atoms with Gasteiger partial charge in [0.25, 0.3) is 0 Å². The maximum Gasteiger partial charge on any atom is 0.113 e. The first-order valence-corrected chi connectivity index (χ1v) is 6.65. The Bertz CT molecular complexity index is 359. The smallest absolute Gasteiger partial charge is 0.113 e. The Morgan fingerprint density at radius 1 is 1.60 bits per heavy atom. The van der Waals surface area contributed by atoms with Gasteiger partial charge in [-0.25, -0.2) is 4.98 Å². The number of aromatic nitrogens is 1. The minimum Gasteiger partial charge on any atom is -0.319 e. The summed E-state index contributed by atoms with van der Waals surface area (Å²) >= 11 is 1.80. The molecule has 2 N–H and O–H groups in total. The lowest BCUT2D eigenvalue weighted by molar-refractivity contribution is 0.347. The minimum absolute atomic E-state index is 0.136. The van der Waals surface area contributed by atoms with Crippen LogP contribution in [0.3, 0.4) is 0 Å². The third-order valence-electron chi connectivity index (χ3n) is 3.73. The molecule has 2 atom stereocenters. The molecule has 0 bridgehead atoms. The minimum atomic E-state index is -0.136. The maximum atomic E-state index is 6.51. The van der Waals surface area contributed by atoms with Crippen LogP contribution in [0.25, 0.3) is 0 Å². The van der Waals surface area contributed by atoms with E-state index in [-0.39, 0.29) is 5.54 Å². The van der Waals surface area contributed by atoms with Gasteiger partial charge in [0.15, 0.2) is 0 Å². The number of thiazole rings is 1. The van der Waals surface area contributed by atoms with Gasteiger partial charge in [0.05, 0.1) is 11.2 Å². The van der Waals surface area contributed by atoms with E-state index < -0.39 is 0 Å². The molecule has 0 saturated heterocycles. The van der Waals surface area contributed by atoms with Crippen LogP contribution in [0.1, 0.15) is 48.7 Å². The van der Waals surface area contributed by atoms with Gasteiger partial charge in [-0.3, -0.25) is 0 Å². The highest BCUT2D eigenvalue weighted by atomic mass is 32.1. The van der Waals surface area contributed by atoms with E-state index in [1.807, 2.05) is 0 Å². The van der Waals surface area contributed by atoms with Crippen LogP contribution in [0, 0.1) is 12.8 Å². The summed E-state index contributed by atoms with van der Waals surface area (Å²) in [7, 11) is 0. The number of hydrogen-bond donors (Lipinski definition) is 1. The third-order valence-corrected chi connectivity index (χ3v) is 4.94. The van der Waals surface area contributed by atoms with Gasteiger partial charge in [-0.05, 0) is 32.1 Å². The summed E-state index contributed by atoms with van der Waals surface area (Å²) in [4.78, 5) is 6.07. The summed E-state index contributed by atoms with van der Waals surface area (Å²) in [6.07, 6.45) is 4.62. The lowest BCUT2D eigenvalue weighted by Gasteiger charge is -2.26. The van der Waals surface area contributed by atoms with Crippen molar-refractivity contribution in [3.05, 3.63) is 15.6 Å². The fraction of sp³-hybridized carbons (Fsp3) is 0.750. The first-order chi connectivity index (χ1) is 7.08. The van der Waals surface area contributed by atoms with Crippen molar-refractivity contribution in [2.45, 2.75) is 52.0 Å². The molecular formula is C12H20N2S. The van der Waals surface area contributed by atoms with Gasteiger partial charge in [0, 0.05) is 4.88 Å². The molecule has 2 rings (SSSR count). The number of aryl methyl sites for hydroxylation is 2. The normalized spacial score (nSPS) is 31.1. The van der Waals surface area contributed by atoms with Crippen molar-refractivity contribution in [1.82, 2.24) is 4.98 Å². The molecule has 0 aliphatic heterocycles. The lowest BCUT2D eigenvalue weighted by atomic mass is 9.90. The summed E-state index contributed by atoms with van der Waals surface area (Å²) in [5.41, 5.74) is 7.61. The van der Waals surface area contributed by atoms with E-state index in [2.05, 4.69) is 20.8 Å². The molecule has 1 saturated carbocycles. The Kier molecular flexibility index (Phi) is 2.86. The number of hydrogen-bond acceptors (Lipinski definition) is 3. The molecule has 0 amide bonds. The Labute approximate surface area is 95.9 Å². The molecule has 0 aromatic carbocycles. The highest BCUT2D eigenvalue weighted by Crippen LogP contribution is 2.43. The molecule has 3 heteroatoms. The Balaban J connectivity index is 2.36. The van der Waals surface area contributed by atoms with Crippen LogP contribution in [-0.4, -0.2) is 4.98 Å². The average molecular weight is 224 g/mol. The molecule has 2 unspecified atom stereocenters. The van der Waals surface area contributed by atoms with E-state index in [0.717, 1.165) is 12.8 Å². The van der Waals surface area contributed by atoms with Gasteiger partial charge in [0.2, 0.25) is 0 Å². The Hall–Kier alpha value is -0.410. The summed E-state index contributed by atoms with van der Waals surface area (Å²) in [6.45, 7) is 6.57. The molecular weight excluding hydrogens is 204 g/mol. The monoisotopic (exact) mass is 224 g/mol. The van der Waals surface area contributed by atoms with Crippen LogP contribution in [-0.2, 0) is 12.0 Å². The van der Waals surface area contributed by atoms with E-state index >= 15 is 0 Å². The van der Waals surface area contributed by atoms with Gasteiger partial charge in [-0.15, -0.1) is 11.3 Å². The third kappa shape index (κ3) is 1.72. The first-order valence-electron chi connectivity index (χ1n) is 5.83. The Morgan fingerprint density at radius 2 is 2.33 bits per heavy atom. The van der Waals surface area contributed by atoms with E-state index in [1.54, 1.807) is 11.3 Å². The van der Waals surface area contributed by atoms with Crippen molar-refractivity contribution >= 4 is 11.3 Å². The van der Waals surface area contributed by atoms with Crippen molar-refractivity contribution in [3.8, 4) is 0 Å². The second-order valence-electron chi connectivity index (χ2n) is 4.71. The van der Waals surface area contributed by atoms with Crippen LogP contribution in [0.5, 0.6) is 0 Å². The highest BCUT2D eigenvalue weighted by molar-refractivity contribution is 7.11. The predicted octanol–water partition coefficient (Wildman–Crippen LogP) is 2.99. The molecule has 1 heterocycles. The zero-order valence-electron chi connectivity index (χ0n) is 9.84. The maximum absolute atomic E-state index is 6.51. The number of nitrogens with zero attached hydrogens (tertiary/aromatic N) is 1. The van der Waals surface area contributed by atoms with Crippen molar-refractivity contribution in [3.63, 3.8) is 0 Å². The van der Waals surface area contributed by atoms with Crippen LogP contribution in [0.2, 0.25) is 0 Å². The van der Waals surface area contributed by atoms with Gasteiger partial charge < -0.3 is 5.73 Å². The second kappa shape index (κ2) is 3.87. The van der Waals surface area contributed by atoms with Gasteiger partial charge >= 0.3 is 0 Å². The summed E-state index contributed by atoms with van der Waals surface area (Å²) in [5, 5.41) is 1.17. The zero-order valence-corrected chi connectivity index (χ0v) is 10.7. The SMILES string of the molecule is CCc1nc(C2(N)CCCC2C)sc1C. The molecule has 1 fully saturated rings. The molecule has 0 spiro atoms. The topological polar surface area (TPSA) is 38.9 Å². The van der Waals surface area contributed by atoms with E-state index in [9.17, 15) is 0 Å². The zero-order chi connectivity index (χ0) is 11.1. The molecule has 0 radical (unpaired) electrons. The molecule has 1 aliphatic carbocycles. The molecule has 1 aliphatic rings. The standard InChI is InChI=1S/C12H20N2S/c1-4-10-9(3)15-11(14-10)12(13)7-5-6-8(12)2/h8H,4-7,13H2,1-3H3. The van der Waals surface area contributed by atoms with E-state index in [4.69, 9.17) is 10.7 Å². The molecule has 15 heavy (non-hydrogen) atoms. The molecule has 84 valence electrons. The van der Waals surface area contributed by atoms with Crippen molar-refractivity contribution in [2.24, 2.45) is 11.7 Å². The number of nitrogens with two attached hydrogens (primary N) is 1. The van der Waals surface area contributed by atoms with Gasteiger partial charge in [-0.2, -0.15) is 0 Å².